The number of carbonyl (C=O) groups excluding carboxylic acids is 1. The normalized spacial score (nSPS) is 11.2. The van der Waals surface area contributed by atoms with Gasteiger partial charge >= 0.3 is 0 Å². The van der Waals surface area contributed by atoms with Gasteiger partial charge in [0.25, 0.3) is 0 Å². The monoisotopic (exact) mass is 346 g/mol. The van der Waals surface area contributed by atoms with Crippen LogP contribution in [0.5, 0.6) is 0 Å². The van der Waals surface area contributed by atoms with E-state index in [1.165, 1.54) is 16.7 Å². The Morgan fingerprint density at radius 3 is 1.40 bits per heavy atom. The molecule has 0 N–H and O–H groups in total. The quantitative estimate of drug-likeness (QED) is 0.511. The first kappa shape index (κ1) is 17.5. The molecule has 0 aliphatic rings. The molecule has 0 unspecified atom stereocenters. The number of Topliss-reactive ketones (excluding diaryl/α,β-unsaturated/α-hetero) is 1. The van der Waals surface area contributed by atoms with Crippen LogP contribution in [0.2, 0.25) is 0 Å². The molecule has 0 aliphatic carbocycles. The van der Waals surface area contributed by atoms with Gasteiger partial charge in [0, 0.05) is 6.42 Å². The Labute approximate surface area is 154 Å². The van der Waals surface area contributed by atoms with Crippen LogP contribution in [0, 0.1) is 0 Å². The van der Waals surface area contributed by atoms with Crippen LogP contribution in [0.3, 0.4) is 0 Å². The summed E-state index contributed by atoms with van der Waals surface area (Å²) in [4.78, 5) is 12.1. The van der Waals surface area contributed by atoms with Crippen LogP contribution in [0.1, 0.15) is 30.0 Å². The first-order valence-electron chi connectivity index (χ1n) is 8.59. The van der Waals surface area contributed by atoms with Crippen LogP contribution in [0.25, 0.3) is 0 Å². The van der Waals surface area contributed by atoms with Crippen molar-refractivity contribution < 1.29 is 4.79 Å². The van der Waals surface area contributed by atoms with E-state index < -0.39 is 4.75 Å². The molecule has 0 amide bonds. The fourth-order valence-electron chi connectivity index (χ4n) is 3.06. The van der Waals surface area contributed by atoms with Crippen LogP contribution in [-0.4, -0.2) is 11.5 Å². The van der Waals surface area contributed by atoms with E-state index in [-0.39, 0.29) is 5.78 Å². The minimum absolute atomic E-state index is 0.275. The van der Waals surface area contributed by atoms with Gasteiger partial charge in [-0.3, -0.25) is 4.79 Å². The first-order valence-corrected chi connectivity index (χ1v) is 9.58. The SMILES string of the molecule is CCC(=O)CSC(c1ccccc1)(c1ccccc1)c1ccccc1. The highest BCUT2D eigenvalue weighted by molar-refractivity contribution is 8.01. The van der Waals surface area contributed by atoms with Gasteiger partial charge in [-0.15, -0.1) is 11.8 Å². The van der Waals surface area contributed by atoms with Crippen LogP contribution in [-0.2, 0) is 9.54 Å². The van der Waals surface area contributed by atoms with Gasteiger partial charge in [0.05, 0.1) is 10.5 Å². The van der Waals surface area contributed by atoms with Crippen LogP contribution in [0.4, 0.5) is 0 Å². The van der Waals surface area contributed by atoms with Gasteiger partial charge in [-0.1, -0.05) is 97.9 Å². The average Bonchev–Trinajstić information content (AvgIpc) is 2.71. The largest absolute Gasteiger partial charge is 0.299 e. The molecule has 0 fully saturated rings. The molecule has 25 heavy (non-hydrogen) atoms. The van der Waals surface area contributed by atoms with E-state index in [2.05, 4.69) is 72.8 Å². The van der Waals surface area contributed by atoms with Gasteiger partial charge in [0.1, 0.15) is 5.78 Å². The predicted octanol–water partition coefficient (Wildman–Crippen LogP) is 5.69. The van der Waals surface area contributed by atoms with E-state index in [0.717, 1.165) is 0 Å². The highest BCUT2D eigenvalue weighted by Gasteiger charge is 2.37. The highest BCUT2D eigenvalue weighted by atomic mass is 32.2. The second-order valence-electron chi connectivity index (χ2n) is 5.96. The summed E-state index contributed by atoms with van der Waals surface area (Å²) in [6, 6.07) is 31.4. The van der Waals surface area contributed by atoms with Crippen LogP contribution in [0.15, 0.2) is 91.0 Å². The molecule has 0 aliphatic heterocycles. The Morgan fingerprint density at radius 1 is 0.720 bits per heavy atom. The first-order chi connectivity index (χ1) is 12.3. The second kappa shape index (κ2) is 8.17. The molecule has 3 aromatic rings. The minimum Gasteiger partial charge on any atom is -0.299 e. The molecule has 0 heterocycles. The Morgan fingerprint density at radius 2 is 1.08 bits per heavy atom. The summed E-state index contributed by atoms with van der Waals surface area (Å²) in [6.45, 7) is 1.93. The fourth-order valence-corrected chi connectivity index (χ4v) is 4.55. The summed E-state index contributed by atoms with van der Waals surface area (Å²) < 4.78 is -0.394. The number of carbonyl (C=O) groups is 1. The molecule has 3 aromatic carbocycles. The third kappa shape index (κ3) is 3.69. The molecular formula is C23H22OS. The zero-order valence-electron chi connectivity index (χ0n) is 14.4. The molecule has 0 spiro atoms. The number of thioether (sulfide) groups is 1. The van der Waals surface area contributed by atoms with Crippen molar-refractivity contribution in [2.45, 2.75) is 18.1 Å². The lowest BCUT2D eigenvalue weighted by Crippen LogP contribution is -2.27. The minimum atomic E-state index is -0.394. The van der Waals surface area contributed by atoms with Gasteiger partial charge < -0.3 is 0 Å². The summed E-state index contributed by atoms with van der Waals surface area (Å²) in [7, 11) is 0. The Hall–Kier alpha value is -2.32. The molecule has 0 radical (unpaired) electrons. The smallest absolute Gasteiger partial charge is 0.142 e. The standard InChI is InChI=1S/C23H22OS/c1-2-22(24)18-25-23(19-12-6-3-7-13-19,20-14-8-4-9-15-20)21-16-10-5-11-17-21/h3-17H,2,18H2,1H3. The third-order valence-electron chi connectivity index (χ3n) is 4.38. The van der Waals surface area contributed by atoms with Crippen molar-refractivity contribution in [3.05, 3.63) is 108 Å². The molecular weight excluding hydrogens is 324 g/mol. The summed E-state index contributed by atoms with van der Waals surface area (Å²) in [5.74, 6) is 0.770. The van der Waals surface area contributed by atoms with Crippen molar-refractivity contribution >= 4 is 17.5 Å². The zero-order chi connectivity index (χ0) is 17.5. The topological polar surface area (TPSA) is 17.1 Å². The number of hydrogen-bond acceptors (Lipinski definition) is 2. The third-order valence-corrected chi connectivity index (χ3v) is 5.99. The molecule has 126 valence electrons. The highest BCUT2D eigenvalue weighted by Crippen LogP contribution is 2.48. The van der Waals surface area contributed by atoms with E-state index in [9.17, 15) is 4.79 Å². The van der Waals surface area contributed by atoms with E-state index in [4.69, 9.17) is 0 Å². The van der Waals surface area contributed by atoms with E-state index in [1.807, 2.05) is 25.1 Å². The number of ketones is 1. The maximum Gasteiger partial charge on any atom is 0.142 e. The average molecular weight is 346 g/mol. The number of benzene rings is 3. The van der Waals surface area contributed by atoms with E-state index >= 15 is 0 Å². The van der Waals surface area contributed by atoms with E-state index in [0.29, 0.717) is 12.2 Å². The zero-order valence-corrected chi connectivity index (χ0v) is 15.2. The Bertz CT molecular complexity index is 701. The molecule has 0 atom stereocenters. The Kier molecular flexibility index (Phi) is 5.72. The lowest BCUT2D eigenvalue weighted by atomic mass is 9.84. The fraction of sp³-hybridized carbons (Fsp3) is 0.174. The van der Waals surface area contributed by atoms with Gasteiger partial charge in [-0.2, -0.15) is 0 Å². The summed E-state index contributed by atoms with van der Waals surface area (Å²) >= 11 is 1.71. The van der Waals surface area contributed by atoms with Crippen molar-refractivity contribution in [1.29, 1.82) is 0 Å². The maximum absolute atomic E-state index is 12.1. The predicted molar refractivity (Wildman–Crippen MR) is 107 cm³/mol. The van der Waals surface area contributed by atoms with Gasteiger partial charge in [-0.05, 0) is 16.7 Å². The molecule has 3 rings (SSSR count). The van der Waals surface area contributed by atoms with Gasteiger partial charge in [-0.25, -0.2) is 0 Å². The van der Waals surface area contributed by atoms with Crippen molar-refractivity contribution in [2.75, 3.05) is 5.75 Å². The summed E-state index contributed by atoms with van der Waals surface area (Å²) in [5, 5.41) is 0. The lowest BCUT2D eigenvalue weighted by Gasteiger charge is -2.35. The number of hydrogen-bond donors (Lipinski definition) is 0. The lowest BCUT2D eigenvalue weighted by molar-refractivity contribution is -0.116. The van der Waals surface area contributed by atoms with Crippen molar-refractivity contribution in [3.63, 3.8) is 0 Å². The van der Waals surface area contributed by atoms with Crippen molar-refractivity contribution in [1.82, 2.24) is 0 Å². The van der Waals surface area contributed by atoms with Gasteiger partial charge in [0.2, 0.25) is 0 Å². The van der Waals surface area contributed by atoms with Crippen LogP contribution >= 0.6 is 11.8 Å². The molecule has 0 aromatic heterocycles. The number of rotatable bonds is 7. The molecule has 0 saturated carbocycles. The molecule has 0 saturated heterocycles. The van der Waals surface area contributed by atoms with Crippen molar-refractivity contribution in [3.8, 4) is 0 Å². The van der Waals surface area contributed by atoms with Crippen LogP contribution < -0.4 is 0 Å². The van der Waals surface area contributed by atoms with E-state index in [1.54, 1.807) is 11.8 Å². The van der Waals surface area contributed by atoms with Gasteiger partial charge in [0.15, 0.2) is 0 Å². The summed E-state index contributed by atoms with van der Waals surface area (Å²) in [5.41, 5.74) is 3.59. The Balaban J connectivity index is 2.22. The summed E-state index contributed by atoms with van der Waals surface area (Å²) in [6.07, 6.45) is 0.571. The van der Waals surface area contributed by atoms with Crippen molar-refractivity contribution in [2.24, 2.45) is 0 Å². The second-order valence-corrected chi connectivity index (χ2v) is 7.15. The maximum atomic E-state index is 12.1. The molecule has 1 nitrogen and oxygen atoms in total. The molecule has 0 bridgehead atoms. The molecule has 2 heteroatoms.